The number of hydrogen-bond donors (Lipinski definition) is 2. The number of methoxy groups -OCH3 is 2. The number of fused-ring (bicyclic) bond motifs is 1. The predicted octanol–water partition coefficient (Wildman–Crippen LogP) is 6.82. The number of carbonyl (C=O) groups is 1. The van der Waals surface area contributed by atoms with Gasteiger partial charge in [-0.2, -0.15) is 0 Å². The third kappa shape index (κ3) is 6.17. The second kappa shape index (κ2) is 12.6. The number of benzene rings is 3. The fraction of sp³-hybridized carbons (Fsp3) is 0.242. The second-order valence-electron chi connectivity index (χ2n) is 9.84. The molecule has 8 heteroatoms. The third-order valence-electron chi connectivity index (χ3n) is 7.14. The molecule has 0 aliphatic rings. The molecule has 0 fully saturated rings. The lowest BCUT2D eigenvalue weighted by Gasteiger charge is -2.13. The first-order chi connectivity index (χ1) is 20.0. The molecular formula is C33H34N4O4. The van der Waals surface area contributed by atoms with E-state index in [1.807, 2.05) is 66.7 Å². The van der Waals surface area contributed by atoms with Crippen LogP contribution in [0.3, 0.4) is 0 Å². The summed E-state index contributed by atoms with van der Waals surface area (Å²) in [6.07, 6.45) is 2.98. The fourth-order valence-corrected chi connectivity index (χ4v) is 4.92. The van der Waals surface area contributed by atoms with Crippen molar-refractivity contribution in [2.75, 3.05) is 19.5 Å². The highest BCUT2D eigenvalue weighted by Gasteiger charge is 2.15. The Morgan fingerprint density at radius 1 is 0.951 bits per heavy atom. The second-order valence-corrected chi connectivity index (χ2v) is 9.84. The maximum Gasteiger partial charge on any atom is 0.336 e. The van der Waals surface area contributed by atoms with Crippen molar-refractivity contribution in [3.63, 3.8) is 0 Å². The number of imidazole rings is 1. The highest BCUT2D eigenvalue weighted by Crippen LogP contribution is 2.27. The standard InChI is InChI=1S/C33H34N4O4/c1-4-5-10-31-35-28-17-18-30(34-20-24-15-16-25(40-2)19-29(24)41-3)36-32(28)37(31)21-22-11-13-23(14-12-22)26-8-6-7-9-27(26)33(38)39/h6-9,11-19H,4-5,10,20-21H2,1-3H3,(H,34,36)(H,38,39). The van der Waals surface area contributed by atoms with Gasteiger partial charge in [-0.05, 0) is 53.4 Å². The average molecular weight is 551 g/mol. The van der Waals surface area contributed by atoms with Crippen LogP contribution in [0.2, 0.25) is 0 Å². The molecule has 0 spiro atoms. The summed E-state index contributed by atoms with van der Waals surface area (Å²) in [7, 11) is 3.28. The number of aromatic carboxylic acids is 1. The molecule has 41 heavy (non-hydrogen) atoms. The molecule has 0 saturated carbocycles. The van der Waals surface area contributed by atoms with Gasteiger partial charge in [-0.3, -0.25) is 0 Å². The molecule has 2 heterocycles. The average Bonchev–Trinajstić information content (AvgIpc) is 3.35. The van der Waals surface area contributed by atoms with Gasteiger partial charge < -0.3 is 24.5 Å². The van der Waals surface area contributed by atoms with Crippen molar-refractivity contribution in [2.45, 2.75) is 39.3 Å². The summed E-state index contributed by atoms with van der Waals surface area (Å²) >= 11 is 0. The van der Waals surface area contributed by atoms with Crippen LogP contribution in [0.25, 0.3) is 22.3 Å². The van der Waals surface area contributed by atoms with Gasteiger partial charge in [-0.1, -0.05) is 55.8 Å². The molecule has 0 radical (unpaired) electrons. The molecule has 8 nitrogen and oxygen atoms in total. The maximum absolute atomic E-state index is 11.7. The van der Waals surface area contributed by atoms with Crippen LogP contribution in [0.15, 0.2) is 78.9 Å². The van der Waals surface area contributed by atoms with Crippen molar-refractivity contribution in [3.8, 4) is 22.6 Å². The smallest absolute Gasteiger partial charge is 0.336 e. The molecule has 2 N–H and O–H groups in total. The molecule has 5 aromatic rings. The lowest BCUT2D eigenvalue weighted by molar-refractivity contribution is 0.0697. The van der Waals surface area contributed by atoms with Crippen LogP contribution in [0, 0.1) is 0 Å². The Morgan fingerprint density at radius 2 is 1.76 bits per heavy atom. The molecule has 3 aromatic carbocycles. The van der Waals surface area contributed by atoms with Gasteiger partial charge in [0, 0.05) is 24.6 Å². The number of pyridine rings is 1. The van der Waals surface area contributed by atoms with E-state index in [0.29, 0.717) is 24.2 Å². The van der Waals surface area contributed by atoms with E-state index in [2.05, 4.69) is 16.8 Å². The van der Waals surface area contributed by atoms with Crippen LogP contribution in [0.5, 0.6) is 11.5 Å². The van der Waals surface area contributed by atoms with E-state index in [4.69, 9.17) is 19.4 Å². The summed E-state index contributed by atoms with van der Waals surface area (Å²) in [4.78, 5) is 21.6. The predicted molar refractivity (Wildman–Crippen MR) is 161 cm³/mol. The molecule has 0 unspecified atom stereocenters. The van der Waals surface area contributed by atoms with Crippen LogP contribution in [0.1, 0.15) is 47.1 Å². The lowest BCUT2D eigenvalue weighted by atomic mass is 9.99. The Balaban J connectivity index is 1.42. The largest absolute Gasteiger partial charge is 0.497 e. The summed E-state index contributed by atoms with van der Waals surface area (Å²) in [5.41, 5.74) is 5.62. The Bertz CT molecular complexity index is 1660. The van der Waals surface area contributed by atoms with Gasteiger partial charge in [0.05, 0.1) is 26.3 Å². The number of carboxylic acid groups (broad SMARTS) is 1. The van der Waals surface area contributed by atoms with Crippen molar-refractivity contribution < 1.29 is 19.4 Å². The highest BCUT2D eigenvalue weighted by atomic mass is 16.5. The zero-order valence-corrected chi connectivity index (χ0v) is 23.6. The minimum Gasteiger partial charge on any atom is -0.497 e. The first kappa shape index (κ1) is 27.7. The number of aryl methyl sites for hydroxylation is 1. The SMILES string of the molecule is CCCCc1nc2ccc(NCc3ccc(OC)cc3OC)nc2n1Cc1ccc(-c2ccccc2C(=O)O)cc1. The number of hydrogen-bond acceptors (Lipinski definition) is 6. The lowest BCUT2D eigenvalue weighted by Crippen LogP contribution is -2.08. The number of unbranched alkanes of at least 4 members (excludes halogenated alkanes) is 1. The van der Waals surface area contributed by atoms with Gasteiger partial charge in [-0.15, -0.1) is 0 Å². The van der Waals surface area contributed by atoms with Crippen molar-refractivity contribution in [1.82, 2.24) is 14.5 Å². The number of aromatic nitrogens is 3. The molecule has 0 bridgehead atoms. The van der Waals surface area contributed by atoms with Crippen LogP contribution < -0.4 is 14.8 Å². The van der Waals surface area contributed by atoms with E-state index < -0.39 is 5.97 Å². The van der Waals surface area contributed by atoms with E-state index in [-0.39, 0.29) is 0 Å². The van der Waals surface area contributed by atoms with Gasteiger partial charge in [0.25, 0.3) is 0 Å². The number of nitrogens with zero attached hydrogens (tertiary/aromatic N) is 3. The summed E-state index contributed by atoms with van der Waals surface area (Å²) in [6, 6.07) is 24.8. The van der Waals surface area contributed by atoms with Crippen molar-refractivity contribution in [2.24, 2.45) is 0 Å². The first-order valence-corrected chi connectivity index (χ1v) is 13.7. The quantitative estimate of drug-likeness (QED) is 0.176. The Labute approximate surface area is 239 Å². The van der Waals surface area contributed by atoms with Gasteiger partial charge in [0.2, 0.25) is 0 Å². The monoisotopic (exact) mass is 550 g/mol. The maximum atomic E-state index is 11.7. The van der Waals surface area contributed by atoms with E-state index in [0.717, 1.165) is 70.3 Å². The van der Waals surface area contributed by atoms with Crippen molar-refractivity contribution in [1.29, 1.82) is 0 Å². The first-order valence-electron chi connectivity index (χ1n) is 13.7. The molecule has 5 rings (SSSR count). The fourth-order valence-electron chi connectivity index (χ4n) is 4.92. The number of anilines is 1. The number of carboxylic acids is 1. The third-order valence-corrected chi connectivity index (χ3v) is 7.14. The molecule has 210 valence electrons. The molecule has 0 saturated heterocycles. The van der Waals surface area contributed by atoms with Crippen LogP contribution in [-0.2, 0) is 19.5 Å². The zero-order valence-electron chi connectivity index (χ0n) is 23.6. The minimum absolute atomic E-state index is 0.291. The summed E-state index contributed by atoms with van der Waals surface area (Å²) in [5, 5.41) is 13.0. The van der Waals surface area contributed by atoms with Gasteiger partial charge in [0.1, 0.15) is 28.7 Å². The zero-order chi connectivity index (χ0) is 28.8. The van der Waals surface area contributed by atoms with E-state index >= 15 is 0 Å². The van der Waals surface area contributed by atoms with Crippen molar-refractivity contribution in [3.05, 3.63) is 101 Å². The van der Waals surface area contributed by atoms with E-state index in [1.165, 1.54) is 0 Å². The minimum atomic E-state index is -0.934. The number of nitrogens with one attached hydrogen (secondary N) is 1. The van der Waals surface area contributed by atoms with Crippen molar-refractivity contribution >= 4 is 23.0 Å². The van der Waals surface area contributed by atoms with E-state index in [9.17, 15) is 9.90 Å². The van der Waals surface area contributed by atoms with E-state index in [1.54, 1.807) is 26.4 Å². The highest BCUT2D eigenvalue weighted by molar-refractivity contribution is 5.96. The van der Waals surface area contributed by atoms with Gasteiger partial charge in [0.15, 0.2) is 5.65 Å². The molecule has 0 atom stereocenters. The van der Waals surface area contributed by atoms with Crippen LogP contribution in [0.4, 0.5) is 5.82 Å². The summed E-state index contributed by atoms with van der Waals surface area (Å²) in [5.74, 6) is 2.31. The Kier molecular flexibility index (Phi) is 8.48. The normalized spacial score (nSPS) is 11.0. The number of rotatable bonds is 12. The van der Waals surface area contributed by atoms with Crippen LogP contribution >= 0.6 is 0 Å². The summed E-state index contributed by atoms with van der Waals surface area (Å²) in [6.45, 7) is 3.33. The molecule has 0 amide bonds. The molecule has 2 aromatic heterocycles. The number of ether oxygens (including phenoxy) is 2. The van der Waals surface area contributed by atoms with Gasteiger partial charge >= 0.3 is 5.97 Å². The van der Waals surface area contributed by atoms with Gasteiger partial charge in [-0.25, -0.2) is 14.8 Å². The topological polar surface area (TPSA) is 98.5 Å². The molecular weight excluding hydrogens is 516 g/mol. The molecule has 0 aliphatic carbocycles. The Morgan fingerprint density at radius 3 is 2.49 bits per heavy atom. The Hall–Kier alpha value is -4.85. The van der Waals surface area contributed by atoms with Crippen LogP contribution in [-0.4, -0.2) is 39.8 Å². The summed E-state index contributed by atoms with van der Waals surface area (Å²) < 4.78 is 13.0. The molecule has 0 aliphatic heterocycles.